The Labute approximate surface area is 511 Å². The van der Waals surface area contributed by atoms with Crippen molar-refractivity contribution in [2.24, 2.45) is 0 Å². The highest BCUT2D eigenvalue weighted by atomic mass is 16.6. The zero-order chi connectivity index (χ0) is 59.9. The summed E-state index contributed by atoms with van der Waals surface area (Å²) < 4.78 is 16.9. The second kappa shape index (κ2) is 69.5. The number of allylic oxidation sites excluding steroid dienone is 26. The van der Waals surface area contributed by atoms with Crippen LogP contribution in [0.25, 0.3) is 0 Å². The molecule has 6 heteroatoms. The predicted octanol–water partition coefficient (Wildman–Crippen LogP) is 23.7. The molecule has 0 saturated carbocycles. The quantitative estimate of drug-likeness (QED) is 0.0261. The van der Waals surface area contributed by atoms with Gasteiger partial charge in [0.15, 0.2) is 6.10 Å². The van der Waals surface area contributed by atoms with E-state index in [0.717, 1.165) is 141 Å². The number of rotatable bonds is 60. The highest BCUT2D eigenvalue weighted by Crippen LogP contribution is 2.15. The lowest BCUT2D eigenvalue weighted by molar-refractivity contribution is -0.167. The zero-order valence-electron chi connectivity index (χ0n) is 53.7. The van der Waals surface area contributed by atoms with Crippen LogP contribution in [-0.2, 0) is 28.6 Å². The van der Waals surface area contributed by atoms with Crippen LogP contribution in [0.1, 0.15) is 290 Å². The largest absolute Gasteiger partial charge is 0.462 e. The first-order valence-corrected chi connectivity index (χ1v) is 34.0. The SMILES string of the molecule is CC/C=C\C/C=C\C/C=C\C/C=C\C/C=C\C/C=C\CCCCCCC(=O)OCC(COC(=O)CCCCCCCCCCC/C=C\CCCCCCCCCC)OC(=O)CCCC/C=C\C/C=C\C/C=C\C/C=C\C/C=C\C/C=C\CC. The molecule has 0 amide bonds. The van der Waals surface area contributed by atoms with E-state index in [-0.39, 0.29) is 37.5 Å². The van der Waals surface area contributed by atoms with Crippen LogP contribution in [0, 0.1) is 0 Å². The second-order valence-corrected chi connectivity index (χ2v) is 22.0. The van der Waals surface area contributed by atoms with Crippen molar-refractivity contribution < 1.29 is 28.6 Å². The molecule has 0 fully saturated rings. The van der Waals surface area contributed by atoms with Gasteiger partial charge in [-0.15, -0.1) is 0 Å². The van der Waals surface area contributed by atoms with Gasteiger partial charge in [0, 0.05) is 19.3 Å². The Kier molecular flexibility index (Phi) is 65.4. The lowest BCUT2D eigenvalue weighted by Crippen LogP contribution is -2.30. The van der Waals surface area contributed by atoms with Crippen molar-refractivity contribution in [1.82, 2.24) is 0 Å². The van der Waals surface area contributed by atoms with E-state index in [9.17, 15) is 14.4 Å². The van der Waals surface area contributed by atoms with Crippen LogP contribution in [0.4, 0.5) is 0 Å². The van der Waals surface area contributed by atoms with Gasteiger partial charge in [0.05, 0.1) is 0 Å². The molecule has 0 heterocycles. The van der Waals surface area contributed by atoms with E-state index >= 15 is 0 Å². The number of ether oxygens (including phenoxy) is 3. The molecule has 0 saturated heterocycles. The molecule has 1 atom stereocenters. The Morgan fingerprint density at radius 2 is 0.470 bits per heavy atom. The third-order valence-corrected chi connectivity index (χ3v) is 14.0. The van der Waals surface area contributed by atoms with Gasteiger partial charge in [0.2, 0.25) is 0 Å². The van der Waals surface area contributed by atoms with Gasteiger partial charge < -0.3 is 14.2 Å². The summed E-state index contributed by atoms with van der Waals surface area (Å²) >= 11 is 0. The fourth-order valence-electron chi connectivity index (χ4n) is 8.97. The molecular formula is C77H124O6. The highest BCUT2D eigenvalue weighted by Gasteiger charge is 2.19. The van der Waals surface area contributed by atoms with Gasteiger partial charge in [0.1, 0.15) is 13.2 Å². The van der Waals surface area contributed by atoms with Gasteiger partial charge in [-0.2, -0.15) is 0 Å². The van der Waals surface area contributed by atoms with Crippen LogP contribution < -0.4 is 0 Å². The fraction of sp³-hybridized carbons (Fsp3) is 0.623. The van der Waals surface area contributed by atoms with Crippen molar-refractivity contribution in [3.05, 3.63) is 158 Å². The van der Waals surface area contributed by atoms with E-state index in [2.05, 4.69) is 179 Å². The smallest absolute Gasteiger partial charge is 0.306 e. The first-order valence-electron chi connectivity index (χ1n) is 34.0. The topological polar surface area (TPSA) is 78.9 Å². The summed E-state index contributed by atoms with van der Waals surface area (Å²) in [6.07, 6.45) is 101. The van der Waals surface area contributed by atoms with Gasteiger partial charge in [0.25, 0.3) is 0 Å². The number of hydrogen-bond donors (Lipinski definition) is 0. The minimum Gasteiger partial charge on any atom is -0.462 e. The minimum absolute atomic E-state index is 0.111. The highest BCUT2D eigenvalue weighted by molar-refractivity contribution is 5.71. The van der Waals surface area contributed by atoms with Gasteiger partial charge >= 0.3 is 17.9 Å². The summed E-state index contributed by atoms with van der Waals surface area (Å²) in [6, 6.07) is 0. The van der Waals surface area contributed by atoms with Crippen molar-refractivity contribution in [2.45, 2.75) is 297 Å². The first kappa shape index (κ1) is 78.0. The average Bonchev–Trinajstić information content (AvgIpc) is 3.49. The lowest BCUT2D eigenvalue weighted by atomic mass is 10.1. The average molecular weight is 1150 g/mol. The van der Waals surface area contributed by atoms with Crippen LogP contribution in [0.5, 0.6) is 0 Å². The van der Waals surface area contributed by atoms with Crippen molar-refractivity contribution in [3.8, 4) is 0 Å². The molecule has 468 valence electrons. The Balaban J connectivity index is 4.54. The Bertz CT molecular complexity index is 1840. The van der Waals surface area contributed by atoms with Crippen molar-refractivity contribution >= 4 is 17.9 Å². The Morgan fingerprint density at radius 3 is 0.771 bits per heavy atom. The van der Waals surface area contributed by atoms with E-state index in [1.807, 2.05) is 0 Å². The van der Waals surface area contributed by atoms with Gasteiger partial charge in [-0.25, -0.2) is 0 Å². The third kappa shape index (κ3) is 67.7. The Morgan fingerprint density at radius 1 is 0.253 bits per heavy atom. The summed E-state index contributed by atoms with van der Waals surface area (Å²) in [5, 5.41) is 0. The molecule has 0 aliphatic rings. The molecule has 0 aromatic rings. The van der Waals surface area contributed by atoms with Crippen molar-refractivity contribution in [3.63, 3.8) is 0 Å². The summed E-state index contributed by atoms with van der Waals surface area (Å²) in [5.41, 5.74) is 0. The molecular weight excluding hydrogens is 1020 g/mol. The predicted molar refractivity (Wildman–Crippen MR) is 362 cm³/mol. The maximum absolute atomic E-state index is 12.9. The normalized spacial score (nSPS) is 13.1. The molecule has 6 nitrogen and oxygen atoms in total. The van der Waals surface area contributed by atoms with Gasteiger partial charge in [-0.05, 0) is 148 Å². The van der Waals surface area contributed by atoms with Crippen LogP contribution in [0.15, 0.2) is 158 Å². The number of esters is 3. The monoisotopic (exact) mass is 1140 g/mol. The second-order valence-electron chi connectivity index (χ2n) is 22.0. The molecule has 0 N–H and O–H groups in total. The molecule has 0 aliphatic heterocycles. The van der Waals surface area contributed by atoms with Crippen LogP contribution in [0.3, 0.4) is 0 Å². The summed E-state index contributed by atoms with van der Waals surface area (Å²) in [4.78, 5) is 38.4. The van der Waals surface area contributed by atoms with Crippen LogP contribution in [0.2, 0.25) is 0 Å². The maximum Gasteiger partial charge on any atom is 0.306 e. The Hall–Kier alpha value is -4.97. The van der Waals surface area contributed by atoms with Gasteiger partial charge in [-0.1, -0.05) is 281 Å². The maximum atomic E-state index is 12.9. The molecule has 0 rings (SSSR count). The third-order valence-electron chi connectivity index (χ3n) is 14.0. The molecule has 0 aromatic heterocycles. The number of hydrogen-bond acceptors (Lipinski definition) is 6. The fourth-order valence-corrected chi connectivity index (χ4v) is 8.97. The van der Waals surface area contributed by atoms with E-state index in [1.165, 1.54) is 103 Å². The number of unbranched alkanes of at least 4 members (excludes halogenated alkanes) is 23. The van der Waals surface area contributed by atoms with E-state index in [0.29, 0.717) is 19.3 Å². The van der Waals surface area contributed by atoms with Gasteiger partial charge in [-0.3, -0.25) is 14.4 Å². The van der Waals surface area contributed by atoms with E-state index in [4.69, 9.17) is 14.2 Å². The number of carbonyl (C=O) groups is 3. The molecule has 83 heavy (non-hydrogen) atoms. The van der Waals surface area contributed by atoms with Crippen LogP contribution >= 0.6 is 0 Å². The summed E-state index contributed by atoms with van der Waals surface area (Å²) in [6.45, 7) is 6.37. The zero-order valence-corrected chi connectivity index (χ0v) is 53.7. The molecule has 0 bridgehead atoms. The minimum atomic E-state index is -0.823. The van der Waals surface area contributed by atoms with E-state index < -0.39 is 6.10 Å². The van der Waals surface area contributed by atoms with E-state index in [1.54, 1.807) is 0 Å². The van der Waals surface area contributed by atoms with Crippen molar-refractivity contribution in [2.75, 3.05) is 13.2 Å². The molecule has 0 aromatic carbocycles. The molecule has 0 radical (unpaired) electrons. The standard InChI is InChI=1S/C77H124O6/c1-4-7-10-13-16-19-22-25-28-31-34-37-38-41-43-46-49-52-55-58-61-64-67-70-76(79)82-73-74(83-77(80)71-68-65-62-59-56-53-50-47-44-40-36-33-30-27-24-21-18-15-12-9-6-3)72-81-75(78)69-66-63-60-57-54-51-48-45-42-39-35-32-29-26-23-20-17-14-11-8-5-2/h7,9-10,12,16,18-19,21,25,27-28,30,32,34-37,40-41,43,47,49-50,52,56,59,74H,4-6,8,11,13-15,17,20,22-24,26,29,31,33,38-39,42,44-46,48,51,53-55,57-58,60-73H2,1-3H3/b10-7-,12-9-,19-16-,21-18-,28-25-,30-27-,35-32-,37-34-,40-36-,43-41-,50-47-,52-49-,59-56-. The first-order chi connectivity index (χ1) is 41.0. The molecule has 0 spiro atoms. The molecule has 0 aliphatic carbocycles. The lowest BCUT2D eigenvalue weighted by Gasteiger charge is -2.18. The summed E-state index contributed by atoms with van der Waals surface area (Å²) in [5.74, 6) is -0.981. The molecule has 1 unspecified atom stereocenters. The van der Waals surface area contributed by atoms with Crippen LogP contribution in [-0.4, -0.2) is 37.2 Å². The van der Waals surface area contributed by atoms with Crippen molar-refractivity contribution in [1.29, 1.82) is 0 Å². The summed E-state index contributed by atoms with van der Waals surface area (Å²) in [7, 11) is 0. The number of carbonyl (C=O) groups excluding carboxylic acids is 3.